The lowest BCUT2D eigenvalue weighted by molar-refractivity contribution is 0.521. The minimum Gasteiger partial charge on any atom is -0.357 e. The van der Waals surface area contributed by atoms with Gasteiger partial charge < -0.3 is 10.2 Å². The Hall–Kier alpha value is -1.09. The molecule has 118 valence electrons. The Morgan fingerprint density at radius 3 is 2.81 bits per heavy atom. The van der Waals surface area contributed by atoms with Crippen molar-refractivity contribution >= 4 is 5.82 Å². The zero-order valence-corrected chi connectivity index (χ0v) is 14.2. The van der Waals surface area contributed by atoms with Gasteiger partial charge in [-0.05, 0) is 49.3 Å². The minimum atomic E-state index is 0.519. The Morgan fingerprint density at radius 1 is 1.29 bits per heavy atom. The molecule has 3 nitrogen and oxygen atoms in total. The van der Waals surface area contributed by atoms with E-state index in [4.69, 9.17) is 4.98 Å². The molecule has 1 aliphatic heterocycles. The first-order chi connectivity index (χ1) is 10.1. The quantitative estimate of drug-likeness (QED) is 0.894. The maximum Gasteiger partial charge on any atom is 0.129 e. The average molecular weight is 289 g/mol. The van der Waals surface area contributed by atoms with Gasteiger partial charge in [-0.2, -0.15) is 0 Å². The van der Waals surface area contributed by atoms with E-state index >= 15 is 0 Å². The monoisotopic (exact) mass is 289 g/mol. The number of nitrogens with zero attached hydrogens (tertiary/aromatic N) is 2. The molecule has 0 spiro atoms. The number of hydrogen-bond acceptors (Lipinski definition) is 3. The topological polar surface area (TPSA) is 28.2 Å². The molecule has 1 aromatic rings. The zero-order valence-electron chi connectivity index (χ0n) is 14.2. The average Bonchev–Trinajstić information content (AvgIpc) is 2.69. The largest absolute Gasteiger partial charge is 0.357 e. The molecule has 0 saturated carbocycles. The van der Waals surface area contributed by atoms with Gasteiger partial charge in [-0.3, -0.25) is 0 Å². The highest BCUT2D eigenvalue weighted by molar-refractivity contribution is 5.43. The second-order valence-electron chi connectivity index (χ2n) is 6.74. The molecule has 1 N–H and O–H groups in total. The Balaban J connectivity index is 2.15. The fourth-order valence-corrected chi connectivity index (χ4v) is 2.89. The van der Waals surface area contributed by atoms with Crippen LogP contribution in [0.5, 0.6) is 0 Å². The van der Waals surface area contributed by atoms with E-state index in [1.165, 1.54) is 36.3 Å². The number of aryl methyl sites for hydroxylation is 1. The molecule has 1 fully saturated rings. The zero-order chi connectivity index (χ0) is 15.2. The fraction of sp³-hybridized carbons (Fsp3) is 0.722. The van der Waals surface area contributed by atoms with Crippen LogP contribution in [-0.4, -0.2) is 24.1 Å². The van der Waals surface area contributed by atoms with Gasteiger partial charge >= 0.3 is 0 Å². The second-order valence-corrected chi connectivity index (χ2v) is 6.74. The summed E-state index contributed by atoms with van der Waals surface area (Å²) in [4.78, 5) is 7.36. The summed E-state index contributed by atoms with van der Waals surface area (Å²) in [7, 11) is 0. The Kier molecular flexibility index (Phi) is 6.04. The molecule has 2 rings (SSSR count). The molecule has 0 bridgehead atoms. The molecule has 1 unspecified atom stereocenters. The van der Waals surface area contributed by atoms with Crippen LogP contribution in [0.2, 0.25) is 0 Å². The summed E-state index contributed by atoms with van der Waals surface area (Å²) in [5.41, 5.74) is 2.58. The summed E-state index contributed by atoms with van der Waals surface area (Å²) >= 11 is 0. The minimum absolute atomic E-state index is 0.519. The Labute approximate surface area is 130 Å². The van der Waals surface area contributed by atoms with Gasteiger partial charge in [0.15, 0.2) is 0 Å². The fourth-order valence-electron chi connectivity index (χ4n) is 2.89. The van der Waals surface area contributed by atoms with Crippen molar-refractivity contribution in [1.82, 2.24) is 10.3 Å². The number of anilines is 1. The van der Waals surface area contributed by atoms with E-state index in [2.05, 4.69) is 50.0 Å². The maximum atomic E-state index is 4.87. The summed E-state index contributed by atoms with van der Waals surface area (Å²) in [5.74, 6) is 2.04. The number of pyridine rings is 1. The van der Waals surface area contributed by atoms with Gasteiger partial charge in [0.1, 0.15) is 5.82 Å². The summed E-state index contributed by atoms with van der Waals surface area (Å²) in [6, 6.07) is 5.05. The number of nitrogens with one attached hydrogen (secondary N) is 1. The first-order valence-corrected chi connectivity index (χ1v) is 8.56. The van der Waals surface area contributed by atoms with Gasteiger partial charge in [0.25, 0.3) is 0 Å². The summed E-state index contributed by atoms with van der Waals surface area (Å²) < 4.78 is 0. The van der Waals surface area contributed by atoms with Gasteiger partial charge in [0.2, 0.25) is 0 Å². The SMILES string of the molecule is CCc1cc(CNC(C)C)cc(N2CCCC(C)CC2)n1. The molecular formula is C18H31N3. The van der Waals surface area contributed by atoms with E-state index < -0.39 is 0 Å². The van der Waals surface area contributed by atoms with Crippen LogP contribution in [0, 0.1) is 5.92 Å². The molecule has 0 amide bonds. The maximum absolute atomic E-state index is 4.87. The molecule has 1 saturated heterocycles. The highest BCUT2D eigenvalue weighted by Gasteiger charge is 2.16. The number of hydrogen-bond donors (Lipinski definition) is 1. The molecular weight excluding hydrogens is 258 g/mol. The number of rotatable bonds is 5. The van der Waals surface area contributed by atoms with Crippen molar-refractivity contribution in [1.29, 1.82) is 0 Å². The summed E-state index contributed by atoms with van der Waals surface area (Å²) in [5, 5.41) is 3.52. The van der Waals surface area contributed by atoms with Crippen LogP contribution in [0.3, 0.4) is 0 Å². The van der Waals surface area contributed by atoms with Crippen LogP contribution in [0.15, 0.2) is 12.1 Å². The van der Waals surface area contributed by atoms with Crippen LogP contribution in [0.1, 0.15) is 58.2 Å². The third kappa shape index (κ3) is 4.99. The van der Waals surface area contributed by atoms with Crippen molar-refractivity contribution in [2.75, 3.05) is 18.0 Å². The van der Waals surface area contributed by atoms with Gasteiger partial charge in [0, 0.05) is 31.4 Å². The molecule has 0 aliphatic carbocycles. The van der Waals surface area contributed by atoms with E-state index in [9.17, 15) is 0 Å². The lowest BCUT2D eigenvalue weighted by Gasteiger charge is -2.23. The van der Waals surface area contributed by atoms with Crippen molar-refractivity contribution < 1.29 is 0 Å². The van der Waals surface area contributed by atoms with Crippen LogP contribution in [-0.2, 0) is 13.0 Å². The van der Waals surface area contributed by atoms with E-state index in [-0.39, 0.29) is 0 Å². The highest BCUT2D eigenvalue weighted by Crippen LogP contribution is 2.22. The van der Waals surface area contributed by atoms with Crippen molar-refractivity contribution in [3.05, 3.63) is 23.4 Å². The third-order valence-corrected chi connectivity index (χ3v) is 4.34. The van der Waals surface area contributed by atoms with Crippen molar-refractivity contribution in [2.24, 2.45) is 5.92 Å². The molecule has 1 atom stereocenters. The molecule has 0 aromatic carbocycles. The Bertz CT molecular complexity index is 442. The van der Waals surface area contributed by atoms with Crippen LogP contribution < -0.4 is 10.2 Å². The van der Waals surface area contributed by atoms with Crippen molar-refractivity contribution in [2.45, 2.75) is 66.0 Å². The van der Waals surface area contributed by atoms with Crippen LogP contribution >= 0.6 is 0 Å². The van der Waals surface area contributed by atoms with E-state index in [0.717, 1.165) is 32.0 Å². The normalized spacial score (nSPS) is 19.9. The lowest BCUT2D eigenvalue weighted by atomic mass is 10.0. The lowest BCUT2D eigenvalue weighted by Crippen LogP contribution is -2.26. The Morgan fingerprint density at radius 2 is 2.10 bits per heavy atom. The molecule has 21 heavy (non-hydrogen) atoms. The molecule has 2 heterocycles. The third-order valence-electron chi connectivity index (χ3n) is 4.34. The highest BCUT2D eigenvalue weighted by atomic mass is 15.2. The molecule has 1 aromatic heterocycles. The van der Waals surface area contributed by atoms with Gasteiger partial charge in [-0.25, -0.2) is 4.98 Å². The van der Waals surface area contributed by atoms with Crippen molar-refractivity contribution in [3.8, 4) is 0 Å². The standard InChI is InChI=1S/C18H31N3/c1-5-17-11-16(13-19-14(2)3)12-18(20-17)21-9-6-7-15(4)8-10-21/h11-12,14-15,19H,5-10,13H2,1-4H3. The first kappa shape index (κ1) is 16.3. The van der Waals surface area contributed by atoms with Gasteiger partial charge in [-0.15, -0.1) is 0 Å². The number of aromatic nitrogens is 1. The smallest absolute Gasteiger partial charge is 0.129 e. The van der Waals surface area contributed by atoms with E-state index in [0.29, 0.717) is 6.04 Å². The molecule has 0 radical (unpaired) electrons. The summed E-state index contributed by atoms with van der Waals surface area (Å²) in [6.07, 6.45) is 4.94. The predicted molar refractivity (Wildman–Crippen MR) is 90.8 cm³/mol. The van der Waals surface area contributed by atoms with E-state index in [1.54, 1.807) is 0 Å². The van der Waals surface area contributed by atoms with Crippen molar-refractivity contribution in [3.63, 3.8) is 0 Å². The van der Waals surface area contributed by atoms with Crippen LogP contribution in [0.25, 0.3) is 0 Å². The van der Waals surface area contributed by atoms with Gasteiger partial charge in [0.05, 0.1) is 0 Å². The van der Waals surface area contributed by atoms with Crippen LogP contribution in [0.4, 0.5) is 5.82 Å². The summed E-state index contributed by atoms with van der Waals surface area (Å²) in [6.45, 7) is 12.2. The van der Waals surface area contributed by atoms with Gasteiger partial charge in [-0.1, -0.05) is 27.7 Å². The molecule has 3 heteroatoms. The predicted octanol–water partition coefficient (Wildman–Crippen LogP) is 3.77. The second kappa shape index (κ2) is 7.79. The first-order valence-electron chi connectivity index (χ1n) is 8.56. The van der Waals surface area contributed by atoms with E-state index in [1.807, 2.05) is 0 Å². The molecule has 1 aliphatic rings.